The summed E-state index contributed by atoms with van der Waals surface area (Å²) in [6.07, 6.45) is 0. The fraction of sp³-hybridized carbons (Fsp3) is 0.500. The van der Waals surface area contributed by atoms with Crippen LogP contribution in [0.15, 0.2) is 18.2 Å². The van der Waals surface area contributed by atoms with E-state index in [1.807, 2.05) is 13.0 Å². The molecular weight excluding hydrogens is 295 g/mol. The summed E-state index contributed by atoms with van der Waals surface area (Å²) in [6, 6.07) is 5.44. The summed E-state index contributed by atoms with van der Waals surface area (Å²) in [4.78, 5) is 0. The normalized spacial score (nSPS) is 12.5. The zero-order valence-corrected chi connectivity index (χ0v) is 12.9. The van der Waals surface area contributed by atoms with Gasteiger partial charge in [-0.2, -0.15) is 0 Å². The first-order valence-corrected chi connectivity index (χ1v) is 8.26. The van der Waals surface area contributed by atoms with E-state index in [9.17, 15) is 8.42 Å². The van der Waals surface area contributed by atoms with Crippen molar-refractivity contribution in [1.82, 2.24) is 0 Å². The Morgan fingerprint density at radius 3 is 2.44 bits per heavy atom. The van der Waals surface area contributed by atoms with Gasteiger partial charge in [0.15, 0.2) is 0 Å². The van der Waals surface area contributed by atoms with Gasteiger partial charge in [0.05, 0.1) is 17.4 Å². The highest BCUT2D eigenvalue weighted by Gasteiger charge is 2.26. The van der Waals surface area contributed by atoms with Crippen LogP contribution in [0.3, 0.4) is 0 Å². The summed E-state index contributed by atoms with van der Waals surface area (Å²) in [7, 11) is 1.70. The summed E-state index contributed by atoms with van der Waals surface area (Å²) in [5.41, 5.74) is 0.462. The molecule has 0 N–H and O–H groups in total. The van der Waals surface area contributed by atoms with Crippen LogP contribution in [-0.2, 0) is 9.05 Å². The molecule has 0 atom stereocenters. The Morgan fingerprint density at radius 2 is 1.94 bits per heavy atom. The second-order valence-electron chi connectivity index (χ2n) is 5.07. The first-order valence-electron chi connectivity index (χ1n) is 5.40. The van der Waals surface area contributed by atoms with Gasteiger partial charge in [-0.05, 0) is 24.6 Å². The summed E-state index contributed by atoms with van der Waals surface area (Å²) >= 11 is 6.02. The van der Waals surface area contributed by atoms with Crippen LogP contribution in [0.25, 0.3) is 0 Å². The van der Waals surface area contributed by atoms with Crippen LogP contribution in [0.4, 0.5) is 0 Å². The summed E-state index contributed by atoms with van der Waals surface area (Å²) in [5, 5.41) is 0.513. The topological polar surface area (TPSA) is 43.4 Å². The van der Waals surface area contributed by atoms with Gasteiger partial charge in [0.1, 0.15) is 5.75 Å². The number of hydrogen-bond acceptors (Lipinski definition) is 3. The van der Waals surface area contributed by atoms with Gasteiger partial charge in [0.25, 0.3) is 0 Å². The molecule has 0 aliphatic heterocycles. The van der Waals surface area contributed by atoms with E-state index in [1.165, 1.54) is 0 Å². The van der Waals surface area contributed by atoms with E-state index >= 15 is 0 Å². The van der Waals surface area contributed by atoms with Crippen molar-refractivity contribution in [2.45, 2.75) is 20.8 Å². The van der Waals surface area contributed by atoms with Crippen molar-refractivity contribution in [2.75, 3.05) is 12.4 Å². The van der Waals surface area contributed by atoms with E-state index in [1.54, 1.807) is 26.0 Å². The van der Waals surface area contributed by atoms with Gasteiger partial charge in [0, 0.05) is 16.1 Å². The third kappa shape index (κ3) is 5.46. The molecule has 102 valence electrons. The highest BCUT2D eigenvalue weighted by Crippen LogP contribution is 2.28. The molecule has 0 spiro atoms. The lowest BCUT2D eigenvalue weighted by Crippen LogP contribution is -2.28. The molecule has 0 aromatic heterocycles. The Bertz CT molecular complexity index is 524. The van der Waals surface area contributed by atoms with E-state index in [-0.39, 0.29) is 12.4 Å². The van der Waals surface area contributed by atoms with Crippen molar-refractivity contribution in [1.29, 1.82) is 0 Å². The minimum absolute atomic E-state index is 0.148. The van der Waals surface area contributed by atoms with Gasteiger partial charge in [-0.15, -0.1) is 0 Å². The monoisotopic (exact) mass is 310 g/mol. The second-order valence-corrected chi connectivity index (χ2v) is 8.25. The molecule has 0 fully saturated rings. The van der Waals surface area contributed by atoms with Gasteiger partial charge in [-0.3, -0.25) is 0 Å². The van der Waals surface area contributed by atoms with Crippen molar-refractivity contribution in [3.05, 3.63) is 28.8 Å². The smallest absolute Gasteiger partial charge is 0.233 e. The molecule has 0 heterocycles. The molecule has 0 amide bonds. The predicted molar refractivity (Wildman–Crippen MR) is 75.1 cm³/mol. The Kier molecular flexibility index (Phi) is 4.92. The fourth-order valence-corrected chi connectivity index (χ4v) is 3.70. The van der Waals surface area contributed by atoms with Crippen LogP contribution in [0.2, 0.25) is 5.02 Å². The van der Waals surface area contributed by atoms with E-state index < -0.39 is 14.5 Å². The maximum atomic E-state index is 11.1. The maximum absolute atomic E-state index is 11.1. The first-order chi connectivity index (χ1) is 8.09. The quantitative estimate of drug-likeness (QED) is 0.780. The highest BCUT2D eigenvalue weighted by atomic mass is 35.7. The fourth-order valence-electron chi connectivity index (χ4n) is 1.50. The van der Waals surface area contributed by atoms with Crippen molar-refractivity contribution in [2.24, 2.45) is 5.41 Å². The van der Waals surface area contributed by atoms with Crippen LogP contribution >= 0.6 is 22.3 Å². The summed E-state index contributed by atoms with van der Waals surface area (Å²) < 4.78 is 27.7. The van der Waals surface area contributed by atoms with Crippen molar-refractivity contribution in [3.8, 4) is 5.75 Å². The van der Waals surface area contributed by atoms with Crippen LogP contribution in [0, 0.1) is 12.3 Å². The van der Waals surface area contributed by atoms with Gasteiger partial charge < -0.3 is 4.74 Å². The van der Waals surface area contributed by atoms with Gasteiger partial charge in [-0.1, -0.05) is 31.5 Å². The third-order valence-corrected chi connectivity index (χ3v) is 4.02. The molecule has 1 rings (SSSR count). The average molecular weight is 311 g/mol. The zero-order valence-electron chi connectivity index (χ0n) is 10.5. The van der Waals surface area contributed by atoms with Gasteiger partial charge in [-0.25, -0.2) is 8.42 Å². The lowest BCUT2D eigenvalue weighted by Gasteiger charge is -2.23. The molecule has 0 saturated heterocycles. The number of rotatable bonds is 5. The summed E-state index contributed by atoms with van der Waals surface area (Å²) in [5.74, 6) is 0.396. The van der Waals surface area contributed by atoms with Crippen LogP contribution in [0.5, 0.6) is 5.75 Å². The molecule has 0 aliphatic carbocycles. The molecule has 18 heavy (non-hydrogen) atoms. The minimum atomic E-state index is -3.54. The van der Waals surface area contributed by atoms with E-state index in [0.717, 1.165) is 5.56 Å². The van der Waals surface area contributed by atoms with Crippen molar-refractivity contribution < 1.29 is 13.2 Å². The van der Waals surface area contributed by atoms with Crippen molar-refractivity contribution >= 4 is 31.3 Å². The molecule has 0 radical (unpaired) electrons. The minimum Gasteiger partial charge on any atom is -0.491 e. The predicted octanol–water partition coefficient (Wildman–Crippen LogP) is 3.62. The number of aryl methyl sites for hydroxylation is 1. The number of ether oxygens (including phenoxy) is 1. The molecule has 1 aromatic rings. The van der Waals surface area contributed by atoms with Crippen LogP contribution in [-0.4, -0.2) is 20.8 Å². The third-order valence-electron chi connectivity index (χ3n) is 2.27. The zero-order chi connectivity index (χ0) is 14.0. The van der Waals surface area contributed by atoms with Crippen LogP contribution < -0.4 is 4.74 Å². The molecule has 0 saturated carbocycles. The lowest BCUT2D eigenvalue weighted by atomic mass is 9.98. The van der Waals surface area contributed by atoms with Gasteiger partial charge >= 0.3 is 0 Å². The van der Waals surface area contributed by atoms with Gasteiger partial charge in [0.2, 0.25) is 9.05 Å². The largest absolute Gasteiger partial charge is 0.491 e. The standard InChI is InChI=1S/C12H16Cl2O3S/c1-9-4-5-11(10(13)6-9)17-7-12(2,3)8-18(14,15)16/h4-6H,7-8H2,1-3H3. The number of hydrogen-bond donors (Lipinski definition) is 0. The Balaban J connectivity index is 2.70. The lowest BCUT2D eigenvalue weighted by molar-refractivity contribution is 0.200. The number of benzene rings is 1. The molecule has 0 aliphatic rings. The van der Waals surface area contributed by atoms with E-state index in [4.69, 9.17) is 27.0 Å². The van der Waals surface area contributed by atoms with E-state index in [2.05, 4.69) is 0 Å². The number of halogens is 2. The second kappa shape index (κ2) is 5.68. The maximum Gasteiger partial charge on any atom is 0.233 e. The van der Waals surface area contributed by atoms with Crippen LogP contribution in [0.1, 0.15) is 19.4 Å². The Morgan fingerprint density at radius 1 is 1.33 bits per heavy atom. The van der Waals surface area contributed by atoms with E-state index in [0.29, 0.717) is 10.8 Å². The summed E-state index contributed by atoms with van der Waals surface area (Å²) in [6.45, 7) is 5.70. The van der Waals surface area contributed by atoms with Crippen molar-refractivity contribution in [3.63, 3.8) is 0 Å². The molecule has 3 nitrogen and oxygen atoms in total. The molecule has 0 bridgehead atoms. The highest BCUT2D eigenvalue weighted by molar-refractivity contribution is 8.13. The average Bonchev–Trinajstić information content (AvgIpc) is 2.12. The first kappa shape index (κ1) is 15.6. The molecule has 1 aromatic carbocycles. The molecular formula is C12H16Cl2O3S. The Hall–Kier alpha value is -0.450. The Labute approximate surface area is 117 Å². The molecule has 0 unspecified atom stereocenters. The SMILES string of the molecule is Cc1ccc(OCC(C)(C)CS(=O)(=O)Cl)c(Cl)c1. The molecule has 6 heteroatoms.